The van der Waals surface area contributed by atoms with Gasteiger partial charge in [-0.2, -0.15) is 5.10 Å². The Balaban J connectivity index is 1.67. The number of hydrogen-bond acceptors (Lipinski definition) is 8. The number of carbonyl (C=O) groups excluding carboxylic acids is 3. The van der Waals surface area contributed by atoms with Gasteiger partial charge in [0.1, 0.15) is 6.54 Å². The monoisotopic (exact) mass is 475 g/mol. The minimum Gasteiger partial charge on any atom is -0.461 e. The molecule has 0 N–H and O–H groups in total. The van der Waals surface area contributed by atoms with Crippen LogP contribution in [0, 0.1) is 0 Å². The molecule has 0 unspecified atom stereocenters. The van der Waals surface area contributed by atoms with Crippen molar-refractivity contribution in [2.45, 2.75) is 32.9 Å². The predicted molar refractivity (Wildman–Crippen MR) is 126 cm³/mol. The highest BCUT2D eigenvalue weighted by Gasteiger charge is 2.35. The summed E-state index contributed by atoms with van der Waals surface area (Å²) in [6.07, 6.45) is 0.524. The molecule has 0 aliphatic carbocycles. The zero-order valence-corrected chi connectivity index (χ0v) is 19.5. The minimum atomic E-state index is -0.818. The largest absolute Gasteiger partial charge is 0.461 e. The van der Waals surface area contributed by atoms with E-state index in [1.54, 1.807) is 13.8 Å². The number of esters is 2. The molecule has 1 aliphatic heterocycles. The van der Waals surface area contributed by atoms with Crippen LogP contribution in [0.4, 0.5) is 0 Å². The molecule has 0 radical (unpaired) electrons. The summed E-state index contributed by atoms with van der Waals surface area (Å²) in [5, 5.41) is 13.7. The van der Waals surface area contributed by atoms with Crippen molar-refractivity contribution in [2.24, 2.45) is 5.10 Å². The highest BCUT2D eigenvalue weighted by Crippen LogP contribution is 2.33. The minimum absolute atomic E-state index is 0.0765. The van der Waals surface area contributed by atoms with E-state index in [4.69, 9.17) is 9.47 Å². The highest BCUT2D eigenvalue weighted by atomic mass is 16.5. The quantitative estimate of drug-likeness (QED) is 0.460. The number of nitrogens with zero attached hydrogens (tertiary/aromatic N) is 5. The lowest BCUT2D eigenvalue weighted by molar-refractivity contribution is -0.133. The normalized spacial score (nSPS) is 15.0. The zero-order chi connectivity index (χ0) is 24.8. The lowest BCUT2D eigenvalue weighted by Gasteiger charge is -2.22. The van der Waals surface area contributed by atoms with Crippen LogP contribution in [-0.4, -0.2) is 56.8 Å². The summed E-state index contributed by atoms with van der Waals surface area (Å²) < 4.78 is 11.1. The van der Waals surface area contributed by atoms with Crippen LogP contribution in [0.5, 0.6) is 0 Å². The zero-order valence-electron chi connectivity index (χ0n) is 19.5. The summed E-state index contributed by atoms with van der Waals surface area (Å²) in [5.41, 5.74) is 2.08. The third kappa shape index (κ3) is 5.11. The lowest BCUT2D eigenvalue weighted by atomic mass is 9.98. The van der Waals surface area contributed by atoms with Gasteiger partial charge in [0.25, 0.3) is 5.91 Å². The number of rotatable bonds is 8. The first kappa shape index (κ1) is 23.8. The van der Waals surface area contributed by atoms with Gasteiger partial charge in [0.2, 0.25) is 5.69 Å². The number of carbonyl (C=O) groups is 3. The molecule has 0 fully saturated rings. The van der Waals surface area contributed by atoms with Crippen LogP contribution in [0.1, 0.15) is 58.4 Å². The summed E-state index contributed by atoms with van der Waals surface area (Å²) in [7, 11) is 0. The van der Waals surface area contributed by atoms with Gasteiger partial charge in [0.15, 0.2) is 5.69 Å². The molecule has 0 spiro atoms. The fraction of sp³-hybridized carbons (Fsp3) is 0.280. The third-order valence-corrected chi connectivity index (χ3v) is 5.41. The highest BCUT2D eigenvalue weighted by molar-refractivity contribution is 6.03. The molecule has 2 aromatic carbocycles. The van der Waals surface area contributed by atoms with Gasteiger partial charge < -0.3 is 9.47 Å². The molecule has 2 heterocycles. The SMILES string of the molecule is CCOC(=O)c1nnn(CC(=O)N2N=C(c3ccccc3)C[C@@H]2c2ccccc2)c1C(=O)OCC. The van der Waals surface area contributed by atoms with Crippen molar-refractivity contribution in [2.75, 3.05) is 13.2 Å². The number of hydrogen-bond donors (Lipinski definition) is 0. The van der Waals surface area contributed by atoms with E-state index in [0.717, 1.165) is 21.5 Å². The second-order valence-electron chi connectivity index (χ2n) is 7.67. The Morgan fingerprint density at radius 3 is 2.20 bits per heavy atom. The van der Waals surface area contributed by atoms with E-state index in [2.05, 4.69) is 15.4 Å². The summed E-state index contributed by atoms with van der Waals surface area (Å²) in [5.74, 6) is -2.06. The van der Waals surface area contributed by atoms with Gasteiger partial charge in [0.05, 0.1) is 25.0 Å². The average Bonchev–Trinajstić information content (AvgIpc) is 3.51. The molecular weight excluding hydrogens is 450 g/mol. The molecule has 1 amide bonds. The van der Waals surface area contributed by atoms with Crippen molar-refractivity contribution in [3.63, 3.8) is 0 Å². The maximum atomic E-state index is 13.5. The number of benzene rings is 2. The maximum absolute atomic E-state index is 13.5. The molecule has 0 saturated carbocycles. The van der Waals surface area contributed by atoms with Crippen molar-refractivity contribution < 1.29 is 23.9 Å². The lowest BCUT2D eigenvalue weighted by Crippen LogP contribution is -2.32. The molecule has 180 valence electrons. The molecule has 4 rings (SSSR count). The van der Waals surface area contributed by atoms with E-state index in [1.807, 2.05) is 60.7 Å². The molecule has 1 aliphatic rings. The van der Waals surface area contributed by atoms with Crippen molar-refractivity contribution in [1.29, 1.82) is 0 Å². The molecule has 1 atom stereocenters. The predicted octanol–water partition coefficient (Wildman–Crippen LogP) is 3.01. The third-order valence-electron chi connectivity index (χ3n) is 5.41. The molecule has 10 nitrogen and oxygen atoms in total. The van der Waals surface area contributed by atoms with Gasteiger partial charge in [0, 0.05) is 6.42 Å². The maximum Gasteiger partial charge on any atom is 0.361 e. The van der Waals surface area contributed by atoms with E-state index in [9.17, 15) is 14.4 Å². The van der Waals surface area contributed by atoms with Gasteiger partial charge in [-0.1, -0.05) is 65.9 Å². The number of hydrazone groups is 1. The summed E-state index contributed by atoms with van der Waals surface area (Å²) in [6, 6.07) is 18.9. The average molecular weight is 476 g/mol. The summed E-state index contributed by atoms with van der Waals surface area (Å²) in [6.45, 7) is 3.07. The van der Waals surface area contributed by atoms with E-state index in [0.29, 0.717) is 6.42 Å². The molecular formula is C25H25N5O5. The first-order valence-corrected chi connectivity index (χ1v) is 11.3. The topological polar surface area (TPSA) is 116 Å². The second kappa shape index (κ2) is 10.7. The van der Waals surface area contributed by atoms with Gasteiger partial charge in [-0.15, -0.1) is 5.10 Å². The Morgan fingerprint density at radius 1 is 0.914 bits per heavy atom. The van der Waals surface area contributed by atoms with E-state index < -0.39 is 17.8 Å². The fourth-order valence-corrected chi connectivity index (χ4v) is 3.84. The number of aromatic nitrogens is 3. The van der Waals surface area contributed by atoms with Gasteiger partial charge in [-0.05, 0) is 25.0 Å². The number of amides is 1. The van der Waals surface area contributed by atoms with Gasteiger partial charge >= 0.3 is 11.9 Å². The van der Waals surface area contributed by atoms with Crippen molar-refractivity contribution in [1.82, 2.24) is 20.0 Å². The fourth-order valence-electron chi connectivity index (χ4n) is 3.84. The number of ether oxygens (including phenoxy) is 2. The smallest absolute Gasteiger partial charge is 0.361 e. The Hall–Kier alpha value is -4.34. The van der Waals surface area contributed by atoms with Gasteiger partial charge in [-0.3, -0.25) is 4.79 Å². The van der Waals surface area contributed by atoms with Crippen LogP contribution in [0.25, 0.3) is 0 Å². The Kier molecular flexibility index (Phi) is 7.30. The van der Waals surface area contributed by atoms with E-state index in [1.165, 1.54) is 5.01 Å². The van der Waals surface area contributed by atoms with Crippen LogP contribution in [0.2, 0.25) is 0 Å². The van der Waals surface area contributed by atoms with E-state index >= 15 is 0 Å². The Morgan fingerprint density at radius 2 is 1.54 bits per heavy atom. The van der Waals surface area contributed by atoms with Crippen LogP contribution >= 0.6 is 0 Å². The van der Waals surface area contributed by atoms with Crippen LogP contribution in [0.15, 0.2) is 65.8 Å². The first-order valence-electron chi connectivity index (χ1n) is 11.3. The molecule has 0 bridgehead atoms. The van der Waals surface area contributed by atoms with Gasteiger partial charge in [-0.25, -0.2) is 19.3 Å². The summed E-state index contributed by atoms with van der Waals surface area (Å²) >= 11 is 0. The second-order valence-corrected chi connectivity index (χ2v) is 7.67. The molecule has 10 heteroatoms. The van der Waals surface area contributed by atoms with Crippen molar-refractivity contribution in [3.05, 3.63) is 83.2 Å². The molecule has 0 saturated heterocycles. The summed E-state index contributed by atoms with van der Waals surface area (Å²) in [4.78, 5) is 38.4. The molecule has 3 aromatic rings. The van der Waals surface area contributed by atoms with Crippen molar-refractivity contribution >= 4 is 23.6 Å². The first-order chi connectivity index (χ1) is 17.0. The molecule has 1 aromatic heterocycles. The molecule has 35 heavy (non-hydrogen) atoms. The van der Waals surface area contributed by atoms with E-state index in [-0.39, 0.29) is 37.2 Å². The van der Waals surface area contributed by atoms with Crippen molar-refractivity contribution in [3.8, 4) is 0 Å². The van der Waals surface area contributed by atoms with Crippen LogP contribution in [-0.2, 0) is 20.8 Å². The van der Waals surface area contributed by atoms with Crippen LogP contribution in [0.3, 0.4) is 0 Å². The standard InChI is InChI=1S/C25H25N5O5/c1-3-34-24(32)22-23(25(33)35-4-2)29(28-26-22)16-21(31)30-20(18-13-9-6-10-14-18)15-19(27-30)17-11-7-5-8-12-17/h5-14,20H,3-4,15-16H2,1-2H3/t20-/m1/s1. The Bertz CT molecular complexity index is 1240. The van der Waals surface area contributed by atoms with Crippen LogP contribution < -0.4 is 0 Å². The Labute approximate surface area is 202 Å².